The molecule has 0 fully saturated rings. The predicted octanol–water partition coefficient (Wildman–Crippen LogP) is 3.05. The number of anilines is 1. The average molecular weight is 312 g/mol. The van der Waals surface area contributed by atoms with Gasteiger partial charge in [-0.3, -0.25) is 4.57 Å². The summed E-state index contributed by atoms with van der Waals surface area (Å²) in [6, 6.07) is 15.7. The van der Waals surface area contributed by atoms with E-state index in [9.17, 15) is 4.55 Å². The highest BCUT2D eigenvalue weighted by Crippen LogP contribution is 2.25. The maximum absolute atomic E-state index is 12.7. The maximum Gasteiger partial charge on any atom is 0.324 e. The van der Waals surface area contributed by atoms with Gasteiger partial charge in [-0.25, -0.2) is 0 Å². The first-order valence-electron chi connectivity index (χ1n) is 7.00. The van der Waals surface area contributed by atoms with Crippen LogP contribution in [0.5, 0.6) is 0 Å². The zero-order valence-corrected chi connectivity index (χ0v) is 13.5. The minimum atomic E-state index is -1.24. The van der Waals surface area contributed by atoms with Gasteiger partial charge in [0, 0.05) is 43.6 Å². The van der Waals surface area contributed by atoms with E-state index in [-0.39, 0.29) is 0 Å². The van der Waals surface area contributed by atoms with Crippen molar-refractivity contribution in [1.82, 2.24) is 9.55 Å². The van der Waals surface area contributed by atoms with Gasteiger partial charge in [0.05, 0.1) is 11.0 Å². The van der Waals surface area contributed by atoms with E-state index in [0.29, 0.717) is 10.9 Å². The Morgan fingerprint density at radius 1 is 1.14 bits per heavy atom. The van der Waals surface area contributed by atoms with Crippen molar-refractivity contribution in [3.05, 3.63) is 61.1 Å². The van der Waals surface area contributed by atoms with Crippen molar-refractivity contribution in [3.8, 4) is 0 Å². The van der Waals surface area contributed by atoms with E-state index in [1.54, 1.807) is 4.57 Å². The first-order valence-corrected chi connectivity index (χ1v) is 8.32. The summed E-state index contributed by atoms with van der Waals surface area (Å²) in [5.41, 5.74) is 3.83. The van der Waals surface area contributed by atoms with Crippen LogP contribution in [0.2, 0.25) is 0 Å². The zero-order chi connectivity index (χ0) is 15.7. The van der Waals surface area contributed by atoms with Crippen molar-refractivity contribution in [1.29, 1.82) is 0 Å². The summed E-state index contributed by atoms with van der Waals surface area (Å²) in [7, 11) is 7.95. The molecule has 0 N–H and O–H groups in total. The fourth-order valence-electron chi connectivity index (χ4n) is 2.50. The van der Waals surface area contributed by atoms with Crippen molar-refractivity contribution < 1.29 is 4.55 Å². The second-order valence-corrected chi connectivity index (χ2v) is 6.67. The molecule has 1 atom stereocenters. The third-order valence-electron chi connectivity index (χ3n) is 3.58. The van der Waals surface area contributed by atoms with Crippen molar-refractivity contribution in [2.24, 2.45) is 0 Å². The molecule has 0 saturated carbocycles. The van der Waals surface area contributed by atoms with Crippen molar-refractivity contribution in [3.63, 3.8) is 0 Å². The molecule has 3 aromatic rings. The van der Waals surface area contributed by atoms with Crippen LogP contribution in [0.15, 0.2) is 53.7 Å². The molecule has 0 amide bonds. The van der Waals surface area contributed by atoms with Gasteiger partial charge in [-0.2, -0.15) is 4.98 Å². The Morgan fingerprint density at radius 3 is 2.55 bits per heavy atom. The Hall–Kier alpha value is -1.98. The molecule has 3 rings (SSSR count). The first-order chi connectivity index (χ1) is 10.6. The molecule has 1 unspecified atom stereocenters. The molecule has 5 heteroatoms. The lowest BCUT2D eigenvalue weighted by Crippen LogP contribution is -2.15. The van der Waals surface area contributed by atoms with Crippen LogP contribution in [0.25, 0.3) is 11.0 Å². The second-order valence-electron chi connectivity index (χ2n) is 5.32. The number of hydrogen-bond acceptors (Lipinski definition) is 3. The molecule has 0 saturated heterocycles. The molecule has 2 aromatic carbocycles. The summed E-state index contributed by atoms with van der Waals surface area (Å²) in [6.45, 7) is 0. The topological polar surface area (TPSA) is 44.1 Å². The van der Waals surface area contributed by atoms with E-state index in [1.807, 2.05) is 67.5 Å². The summed E-state index contributed by atoms with van der Waals surface area (Å²) >= 11 is -1.24. The summed E-state index contributed by atoms with van der Waals surface area (Å²) in [5, 5.41) is 0.509. The molecular formula is C17H18N3OS. The highest BCUT2D eigenvalue weighted by atomic mass is 32.2. The molecule has 0 aliphatic heterocycles. The zero-order valence-electron chi connectivity index (χ0n) is 12.7. The lowest BCUT2D eigenvalue weighted by Gasteiger charge is -2.18. The van der Waals surface area contributed by atoms with Crippen LogP contribution in [0, 0.1) is 7.05 Å². The molecular weight excluding hydrogens is 294 g/mol. The molecule has 0 bridgehead atoms. The molecule has 22 heavy (non-hydrogen) atoms. The molecule has 0 spiro atoms. The van der Waals surface area contributed by atoms with E-state index in [1.165, 1.54) is 0 Å². The second kappa shape index (κ2) is 6.02. The molecule has 0 aliphatic rings. The molecule has 4 nitrogen and oxygen atoms in total. The summed E-state index contributed by atoms with van der Waals surface area (Å²) in [4.78, 5) is 6.50. The molecule has 1 heterocycles. The van der Waals surface area contributed by atoms with Crippen LogP contribution in [-0.2, 0) is 16.9 Å². The largest absolute Gasteiger partial charge is 0.609 e. The molecule has 1 aromatic heterocycles. The Labute approximate surface area is 133 Å². The number of hydrogen-bond donors (Lipinski definition) is 0. The van der Waals surface area contributed by atoms with Crippen LogP contribution < -0.4 is 4.90 Å². The predicted molar refractivity (Wildman–Crippen MR) is 91.4 cm³/mol. The number of nitrogens with zero attached hydrogens (tertiary/aromatic N) is 3. The van der Waals surface area contributed by atoms with Gasteiger partial charge in [-0.15, -0.1) is 0 Å². The standard InChI is InChI=1S/C17H18N3OS/c1-19(2)15-10-6-4-8-13(15)12-22(21)17-18-14-9-5-7-11-16(14)20(17)3/h4-11H,3,12H2,1-2H3. The van der Waals surface area contributed by atoms with E-state index < -0.39 is 11.2 Å². The minimum Gasteiger partial charge on any atom is -0.609 e. The molecule has 113 valence electrons. The van der Waals surface area contributed by atoms with E-state index in [0.717, 1.165) is 22.3 Å². The fourth-order valence-corrected chi connectivity index (χ4v) is 3.70. The highest BCUT2D eigenvalue weighted by Gasteiger charge is 2.22. The molecule has 0 aliphatic carbocycles. The quantitative estimate of drug-likeness (QED) is 0.696. The SMILES string of the molecule is [CH2]n1c([S+]([O-])Cc2ccccc2N(C)C)nc2ccccc21. The number of benzene rings is 2. The minimum absolute atomic E-state index is 0.424. The van der Waals surface area contributed by atoms with E-state index in [2.05, 4.69) is 12.0 Å². The Morgan fingerprint density at radius 2 is 1.82 bits per heavy atom. The lowest BCUT2D eigenvalue weighted by molar-refractivity contribution is 0.583. The van der Waals surface area contributed by atoms with Crippen molar-refractivity contribution in [2.75, 3.05) is 19.0 Å². The van der Waals surface area contributed by atoms with Gasteiger partial charge >= 0.3 is 5.16 Å². The highest BCUT2D eigenvalue weighted by molar-refractivity contribution is 7.90. The van der Waals surface area contributed by atoms with Gasteiger partial charge in [-0.1, -0.05) is 30.3 Å². The lowest BCUT2D eigenvalue weighted by atomic mass is 10.2. The average Bonchev–Trinajstić information content (AvgIpc) is 2.85. The summed E-state index contributed by atoms with van der Waals surface area (Å²) < 4.78 is 14.4. The van der Waals surface area contributed by atoms with Crippen molar-refractivity contribution >= 4 is 27.9 Å². The van der Waals surface area contributed by atoms with Crippen molar-refractivity contribution in [2.45, 2.75) is 10.9 Å². The van der Waals surface area contributed by atoms with Gasteiger partial charge in [0.1, 0.15) is 5.75 Å². The monoisotopic (exact) mass is 312 g/mol. The number of aromatic nitrogens is 2. The van der Waals surface area contributed by atoms with E-state index in [4.69, 9.17) is 0 Å². The third kappa shape index (κ3) is 2.69. The third-order valence-corrected chi connectivity index (χ3v) is 4.88. The summed E-state index contributed by atoms with van der Waals surface area (Å²) in [6.07, 6.45) is 0. The number of para-hydroxylation sites is 3. The van der Waals surface area contributed by atoms with Gasteiger partial charge in [0.2, 0.25) is 0 Å². The van der Waals surface area contributed by atoms with Gasteiger partial charge in [-0.05, 0) is 18.2 Å². The van der Waals surface area contributed by atoms with Crippen LogP contribution in [0.4, 0.5) is 5.69 Å². The fraction of sp³-hybridized carbons (Fsp3) is 0.176. The van der Waals surface area contributed by atoms with Gasteiger partial charge in [0.15, 0.2) is 0 Å². The van der Waals surface area contributed by atoms with Crippen LogP contribution in [-0.4, -0.2) is 28.2 Å². The maximum atomic E-state index is 12.7. The Kier molecular flexibility index (Phi) is 4.09. The number of rotatable bonds is 4. The summed E-state index contributed by atoms with van der Waals surface area (Å²) in [5.74, 6) is 0.424. The number of fused-ring (bicyclic) bond motifs is 1. The van der Waals surface area contributed by atoms with Crippen LogP contribution in [0.1, 0.15) is 5.56 Å². The van der Waals surface area contributed by atoms with E-state index >= 15 is 0 Å². The Bertz CT molecular complexity index is 797. The van der Waals surface area contributed by atoms with Gasteiger partial charge < -0.3 is 9.45 Å². The van der Waals surface area contributed by atoms with Gasteiger partial charge in [0.25, 0.3) is 0 Å². The Balaban J connectivity index is 1.94. The number of imidazole rings is 1. The molecule has 1 radical (unpaired) electrons. The van der Waals surface area contributed by atoms with Crippen LogP contribution in [0.3, 0.4) is 0 Å². The van der Waals surface area contributed by atoms with Crippen LogP contribution >= 0.6 is 0 Å². The normalized spacial score (nSPS) is 12.5. The smallest absolute Gasteiger partial charge is 0.324 e. The first kappa shape index (κ1) is 14.9.